The minimum atomic E-state index is -1.02. The summed E-state index contributed by atoms with van der Waals surface area (Å²) in [7, 11) is 0. The van der Waals surface area contributed by atoms with Crippen molar-refractivity contribution < 1.29 is 9.90 Å². The maximum absolute atomic E-state index is 11.6. The third-order valence-electron chi connectivity index (χ3n) is 2.86. The molecule has 1 aromatic rings. The molecule has 92 valence electrons. The first kappa shape index (κ1) is 11.6. The van der Waals surface area contributed by atoms with E-state index in [1.807, 2.05) is 4.90 Å². The number of aliphatic carboxylic acids is 1. The molecule has 0 unspecified atom stereocenters. The summed E-state index contributed by atoms with van der Waals surface area (Å²) in [5.41, 5.74) is -0.166. The fraction of sp³-hybridized carbons (Fsp3) is 0.545. The number of carboxylic acid groups (broad SMARTS) is 1. The molecule has 6 heteroatoms. The summed E-state index contributed by atoms with van der Waals surface area (Å²) < 4.78 is 0. The Hall–Kier alpha value is -1.85. The normalized spacial score (nSPS) is 15.9. The zero-order chi connectivity index (χ0) is 12.3. The lowest BCUT2D eigenvalue weighted by atomic mass is 10.1. The van der Waals surface area contributed by atoms with E-state index in [2.05, 4.69) is 9.97 Å². The van der Waals surface area contributed by atoms with Crippen LogP contribution in [0.15, 0.2) is 11.0 Å². The van der Waals surface area contributed by atoms with E-state index in [1.165, 1.54) is 12.6 Å². The zero-order valence-corrected chi connectivity index (χ0v) is 9.48. The van der Waals surface area contributed by atoms with Gasteiger partial charge in [0.05, 0.1) is 6.42 Å². The van der Waals surface area contributed by atoms with Gasteiger partial charge < -0.3 is 10.0 Å². The lowest BCUT2D eigenvalue weighted by Gasteiger charge is -2.26. The lowest BCUT2D eigenvalue weighted by molar-refractivity contribution is -0.136. The number of hydrogen-bond donors (Lipinski definition) is 2. The van der Waals surface area contributed by atoms with E-state index in [4.69, 9.17) is 5.11 Å². The lowest BCUT2D eigenvalue weighted by Crippen LogP contribution is -2.33. The summed E-state index contributed by atoms with van der Waals surface area (Å²) in [6.45, 7) is 1.78. The summed E-state index contributed by atoms with van der Waals surface area (Å²) >= 11 is 0. The smallest absolute Gasteiger partial charge is 0.308 e. The monoisotopic (exact) mass is 237 g/mol. The molecule has 1 aromatic heterocycles. The van der Waals surface area contributed by atoms with Gasteiger partial charge in [0.1, 0.15) is 0 Å². The van der Waals surface area contributed by atoms with Crippen molar-refractivity contribution in [2.75, 3.05) is 18.0 Å². The van der Waals surface area contributed by atoms with Crippen LogP contribution in [0.3, 0.4) is 0 Å². The van der Waals surface area contributed by atoms with Gasteiger partial charge in [0, 0.05) is 24.8 Å². The first-order valence-electron chi connectivity index (χ1n) is 5.72. The largest absolute Gasteiger partial charge is 0.481 e. The highest BCUT2D eigenvalue weighted by Gasteiger charge is 2.14. The van der Waals surface area contributed by atoms with E-state index in [1.54, 1.807) is 0 Å². The second kappa shape index (κ2) is 4.99. The molecule has 6 nitrogen and oxygen atoms in total. The van der Waals surface area contributed by atoms with Gasteiger partial charge >= 0.3 is 5.97 Å². The topological polar surface area (TPSA) is 86.3 Å². The van der Waals surface area contributed by atoms with Crippen molar-refractivity contribution in [3.05, 3.63) is 22.1 Å². The van der Waals surface area contributed by atoms with Crippen LogP contribution in [0.5, 0.6) is 0 Å². The summed E-state index contributed by atoms with van der Waals surface area (Å²) in [4.78, 5) is 30.9. The van der Waals surface area contributed by atoms with E-state index >= 15 is 0 Å². The maximum Gasteiger partial charge on any atom is 0.308 e. The number of rotatable bonds is 3. The SMILES string of the molecule is O=C(O)Cc1cnc(N2CCCCC2)[nH]c1=O. The predicted molar refractivity (Wildman–Crippen MR) is 62.3 cm³/mol. The molecule has 1 aliphatic rings. The van der Waals surface area contributed by atoms with Gasteiger partial charge in [-0.25, -0.2) is 4.98 Å². The van der Waals surface area contributed by atoms with E-state index in [0.717, 1.165) is 25.9 Å². The molecule has 0 spiro atoms. The minimum absolute atomic E-state index is 0.193. The molecule has 1 aliphatic heterocycles. The Morgan fingerprint density at radius 1 is 1.41 bits per heavy atom. The molecule has 0 atom stereocenters. The van der Waals surface area contributed by atoms with Gasteiger partial charge in [-0.1, -0.05) is 0 Å². The highest BCUT2D eigenvalue weighted by molar-refractivity contribution is 5.69. The van der Waals surface area contributed by atoms with Crippen LogP contribution in [0.25, 0.3) is 0 Å². The summed E-state index contributed by atoms with van der Waals surface area (Å²) in [6, 6.07) is 0. The molecule has 0 bridgehead atoms. The number of aromatic nitrogens is 2. The number of H-pyrrole nitrogens is 1. The Labute approximate surface area is 98.3 Å². The second-order valence-electron chi connectivity index (χ2n) is 4.18. The number of aromatic amines is 1. The van der Waals surface area contributed by atoms with E-state index in [0.29, 0.717) is 5.95 Å². The molecule has 17 heavy (non-hydrogen) atoms. The standard InChI is InChI=1S/C11H15N3O3/c15-9(16)6-8-7-12-11(13-10(8)17)14-4-2-1-3-5-14/h7H,1-6H2,(H,15,16)(H,12,13,17). The summed E-state index contributed by atoms with van der Waals surface area (Å²) in [5, 5.41) is 8.62. The predicted octanol–water partition coefficient (Wildman–Crippen LogP) is 0.387. The molecule has 2 rings (SSSR count). The fourth-order valence-corrected chi connectivity index (χ4v) is 1.97. The molecule has 0 aromatic carbocycles. The molecular formula is C11H15N3O3. The molecule has 1 saturated heterocycles. The molecule has 2 heterocycles. The molecular weight excluding hydrogens is 222 g/mol. The quantitative estimate of drug-likeness (QED) is 0.794. The van der Waals surface area contributed by atoms with Crippen molar-refractivity contribution in [2.24, 2.45) is 0 Å². The van der Waals surface area contributed by atoms with Crippen LogP contribution >= 0.6 is 0 Å². The van der Waals surface area contributed by atoms with Crippen molar-refractivity contribution in [3.8, 4) is 0 Å². The molecule has 0 saturated carbocycles. The number of carbonyl (C=O) groups is 1. The van der Waals surface area contributed by atoms with Gasteiger partial charge in [-0.15, -0.1) is 0 Å². The van der Waals surface area contributed by atoms with Crippen LogP contribution < -0.4 is 10.5 Å². The summed E-state index contributed by atoms with van der Waals surface area (Å²) in [5.74, 6) is -0.480. The fourth-order valence-electron chi connectivity index (χ4n) is 1.97. The van der Waals surface area contributed by atoms with Gasteiger partial charge in [-0.05, 0) is 19.3 Å². The number of nitrogens with zero attached hydrogens (tertiary/aromatic N) is 2. The Kier molecular flexibility index (Phi) is 3.41. The Morgan fingerprint density at radius 2 is 2.12 bits per heavy atom. The highest BCUT2D eigenvalue weighted by atomic mass is 16.4. The van der Waals surface area contributed by atoms with Crippen molar-refractivity contribution in [1.29, 1.82) is 0 Å². The van der Waals surface area contributed by atoms with E-state index in [9.17, 15) is 9.59 Å². The molecule has 0 radical (unpaired) electrons. The minimum Gasteiger partial charge on any atom is -0.481 e. The van der Waals surface area contributed by atoms with Crippen molar-refractivity contribution in [2.45, 2.75) is 25.7 Å². The number of piperidine rings is 1. The molecule has 0 aliphatic carbocycles. The van der Waals surface area contributed by atoms with Crippen LogP contribution in [0.2, 0.25) is 0 Å². The first-order valence-corrected chi connectivity index (χ1v) is 5.72. The second-order valence-corrected chi connectivity index (χ2v) is 4.18. The van der Waals surface area contributed by atoms with Crippen LogP contribution in [-0.2, 0) is 11.2 Å². The summed E-state index contributed by atoms with van der Waals surface area (Å²) in [6.07, 6.45) is 4.47. The van der Waals surface area contributed by atoms with Crippen molar-refractivity contribution in [1.82, 2.24) is 9.97 Å². The Bertz CT molecular complexity index is 463. The van der Waals surface area contributed by atoms with Crippen LogP contribution in [-0.4, -0.2) is 34.1 Å². The van der Waals surface area contributed by atoms with Crippen molar-refractivity contribution in [3.63, 3.8) is 0 Å². The van der Waals surface area contributed by atoms with E-state index < -0.39 is 5.97 Å². The average molecular weight is 237 g/mol. The van der Waals surface area contributed by atoms with Gasteiger partial charge in [0.25, 0.3) is 5.56 Å². The third-order valence-corrected chi connectivity index (χ3v) is 2.86. The van der Waals surface area contributed by atoms with Gasteiger partial charge in [0.15, 0.2) is 0 Å². The average Bonchev–Trinajstić information content (AvgIpc) is 2.32. The van der Waals surface area contributed by atoms with Crippen molar-refractivity contribution >= 4 is 11.9 Å². The number of hydrogen-bond acceptors (Lipinski definition) is 4. The van der Waals surface area contributed by atoms with Crippen LogP contribution in [0.4, 0.5) is 5.95 Å². The number of nitrogens with one attached hydrogen (secondary N) is 1. The van der Waals surface area contributed by atoms with Gasteiger partial charge in [-0.2, -0.15) is 0 Å². The number of carboxylic acids is 1. The first-order chi connectivity index (χ1) is 8.16. The number of anilines is 1. The van der Waals surface area contributed by atoms with Gasteiger partial charge in [-0.3, -0.25) is 14.6 Å². The van der Waals surface area contributed by atoms with E-state index in [-0.39, 0.29) is 17.5 Å². The van der Waals surface area contributed by atoms with Crippen LogP contribution in [0.1, 0.15) is 24.8 Å². The Balaban J connectivity index is 2.18. The van der Waals surface area contributed by atoms with Crippen LogP contribution in [0, 0.1) is 0 Å². The maximum atomic E-state index is 11.6. The highest BCUT2D eigenvalue weighted by Crippen LogP contribution is 2.13. The molecule has 2 N–H and O–H groups in total. The molecule has 0 amide bonds. The third kappa shape index (κ3) is 2.83. The zero-order valence-electron chi connectivity index (χ0n) is 9.48. The Morgan fingerprint density at radius 3 is 2.71 bits per heavy atom. The van der Waals surface area contributed by atoms with Gasteiger partial charge in [0.2, 0.25) is 5.95 Å². The molecule has 1 fully saturated rings.